The van der Waals surface area contributed by atoms with Crippen LogP contribution < -0.4 is 14.2 Å². The van der Waals surface area contributed by atoms with Gasteiger partial charge in [-0.2, -0.15) is 0 Å². The van der Waals surface area contributed by atoms with E-state index in [9.17, 15) is 25.5 Å². The van der Waals surface area contributed by atoms with Gasteiger partial charge in [-0.25, -0.2) is 4.68 Å². The molecule has 0 fully saturated rings. The average molecular weight is 560 g/mol. The van der Waals surface area contributed by atoms with Crippen LogP contribution in [0.25, 0.3) is 12.2 Å². The minimum absolute atomic E-state index is 0.0185. The van der Waals surface area contributed by atoms with Crippen molar-refractivity contribution in [3.05, 3.63) is 59.4 Å². The number of fused-ring (bicyclic) bond motifs is 1. The second-order valence-electron chi connectivity index (χ2n) is 8.98. The molecule has 3 aromatic rings. The topological polar surface area (TPSA) is 178 Å². The fourth-order valence-electron chi connectivity index (χ4n) is 3.73. The van der Waals surface area contributed by atoms with Gasteiger partial charge in [0.25, 0.3) is 0 Å². The van der Waals surface area contributed by atoms with E-state index in [1.54, 1.807) is 18.3 Å². The average Bonchev–Trinajstić information content (AvgIpc) is 3.64. The summed E-state index contributed by atoms with van der Waals surface area (Å²) in [5.74, 6) is 1.84. The molecule has 0 amide bonds. The molecule has 0 saturated heterocycles. The van der Waals surface area contributed by atoms with Gasteiger partial charge in [0, 0.05) is 6.07 Å². The van der Waals surface area contributed by atoms with Crippen LogP contribution in [0.2, 0.25) is 0 Å². The number of aliphatic hydroxyl groups is 4. The Bertz CT molecular complexity index is 1230. The van der Waals surface area contributed by atoms with Crippen LogP contribution in [0.15, 0.2) is 42.6 Å². The van der Waals surface area contributed by atoms with Crippen molar-refractivity contribution in [1.29, 1.82) is 0 Å². The maximum Gasteiger partial charge on any atom is 0.231 e. The van der Waals surface area contributed by atoms with Gasteiger partial charge < -0.3 is 49.2 Å². The van der Waals surface area contributed by atoms with E-state index in [-0.39, 0.29) is 58.8 Å². The van der Waals surface area contributed by atoms with Gasteiger partial charge in [0.05, 0.1) is 45.8 Å². The number of benzene rings is 2. The number of aromatic hydroxyl groups is 1. The monoisotopic (exact) mass is 559 g/mol. The molecule has 13 heteroatoms. The molecular weight excluding hydrogens is 526 g/mol. The number of aliphatic hydroxyl groups excluding tert-OH is 4. The first-order valence-electron chi connectivity index (χ1n) is 12.6. The Balaban J connectivity index is 1.39. The lowest BCUT2D eigenvalue weighted by Gasteiger charge is -2.22. The molecule has 216 valence electrons. The minimum atomic E-state index is -0.778. The van der Waals surface area contributed by atoms with Crippen molar-refractivity contribution in [3.8, 4) is 23.0 Å². The number of ether oxygens (including phenoxy) is 5. The Hall–Kier alpha value is -3.72. The Morgan fingerprint density at radius 1 is 0.850 bits per heavy atom. The lowest BCUT2D eigenvalue weighted by molar-refractivity contribution is -0.0680. The Morgan fingerprint density at radius 3 is 2.23 bits per heavy atom. The molecule has 1 aromatic heterocycles. The summed E-state index contributed by atoms with van der Waals surface area (Å²) in [7, 11) is 0. The molecule has 0 saturated carbocycles. The van der Waals surface area contributed by atoms with Crippen molar-refractivity contribution < 1.29 is 49.2 Å². The van der Waals surface area contributed by atoms with E-state index < -0.39 is 18.2 Å². The maximum atomic E-state index is 10.2. The summed E-state index contributed by atoms with van der Waals surface area (Å²) in [6.07, 6.45) is 3.79. The normalized spacial score (nSPS) is 12.9. The van der Waals surface area contributed by atoms with Crippen LogP contribution in [0, 0.1) is 0 Å². The molecule has 0 unspecified atom stereocenters. The molecule has 0 aliphatic carbocycles. The molecule has 0 bridgehead atoms. The second-order valence-corrected chi connectivity index (χ2v) is 8.98. The van der Waals surface area contributed by atoms with Gasteiger partial charge in [-0.15, -0.1) is 5.10 Å². The summed E-state index contributed by atoms with van der Waals surface area (Å²) in [6.45, 7) is -1.18. The van der Waals surface area contributed by atoms with Crippen molar-refractivity contribution in [2.45, 2.75) is 24.9 Å². The van der Waals surface area contributed by atoms with Crippen LogP contribution in [0.4, 0.5) is 0 Å². The smallest absolute Gasteiger partial charge is 0.231 e. The second kappa shape index (κ2) is 14.6. The van der Waals surface area contributed by atoms with Crippen molar-refractivity contribution in [2.24, 2.45) is 0 Å². The van der Waals surface area contributed by atoms with Crippen LogP contribution in [-0.4, -0.2) is 99.2 Å². The van der Waals surface area contributed by atoms with E-state index in [1.165, 1.54) is 10.7 Å². The fourth-order valence-corrected chi connectivity index (χ4v) is 3.73. The van der Waals surface area contributed by atoms with Gasteiger partial charge >= 0.3 is 0 Å². The molecule has 1 aliphatic rings. The molecular formula is C27H33N3O10. The number of hydrogen-bond donors (Lipinski definition) is 5. The lowest BCUT2D eigenvalue weighted by atomic mass is 10.1. The van der Waals surface area contributed by atoms with E-state index in [2.05, 4.69) is 10.3 Å². The SMILES string of the molecule is OCC(CO)OCC(COC(CO)CO)n1cc(COc2cc(O)cc(/C=C/c3ccc4c(c3)OCO4)c2)nn1. The molecule has 4 rings (SSSR count). The molecule has 0 radical (unpaired) electrons. The van der Waals surface area contributed by atoms with Gasteiger partial charge in [-0.3, -0.25) is 0 Å². The summed E-state index contributed by atoms with van der Waals surface area (Å²) >= 11 is 0. The first kappa shape index (κ1) is 29.3. The first-order chi connectivity index (χ1) is 19.5. The Labute approximate surface area is 230 Å². The Kier molecular flexibility index (Phi) is 10.7. The van der Waals surface area contributed by atoms with E-state index in [0.717, 1.165) is 11.1 Å². The van der Waals surface area contributed by atoms with Crippen LogP contribution in [0.3, 0.4) is 0 Å². The van der Waals surface area contributed by atoms with Crippen molar-refractivity contribution in [3.63, 3.8) is 0 Å². The predicted octanol–water partition coefficient (Wildman–Crippen LogP) is 0.742. The summed E-state index contributed by atoms with van der Waals surface area (Å²) in [6, 6.07) is 9.94. The van der Waals surface area contributed by atoms with Crippen LogP contribution in [0.1, 0.15) is 22.9 Å². The van der Waals surface area contributed by atoms with Gasteiger partial charge in [-0.1, -0.05) is 23.4 Å². The van der Waals surface area contributed by atoms with Crippen molar-refractivity contribution in [2.75, 3.05) is 46.4 Å². The lowest BCUT2D eigenvalue weighted by Crippen LogP contribution is -2.31. The number of phenolic OH excluding ortho intramolecular Hbond substituents is 1. The zero-order valence-electron chi connectivity index (χ0n) is 21.7. The molecule has 40 heavy (non-hydrogen) atoms. The first-order valence-corrected chi connectivity index (χ1v) is 12.6. The molecule has 1 aliphatic heterocycles. The van der Waals surface area contributed by atoms with Crippen molar-refractivity contribution in [1.82, 2.24) is 15.0 Å². The fraction of sp³-hybridized carbons (Fsp3) is 0.407. The maximum absolute atomic E-state index is 10.2. The summed E-state index contributed by atoms with van der Waals surface area (Å²) in [5, 5.41) is 55.6. The molecule has 2 aromatic carbocycles. The molecule has 5 N–H and O–H groups in total. The highest BCUT2D eigenvalue weighted by atomic mass is 16.7. The number of nitrogens with zero attached hydrogens (tertiary/aromatic N) is 3. The standard InChI is InChI=1S/C27H33N3O10/c31-10-24(11-32)37-15-21(16-38-25(12-33)13-34)30-9-20(28-29-30)14-36-23-6-19(5-22(35)8-23)2-1-18-3-4-26-27(7-18)40-17-39-26/h1-9,21,24-25,31-35H,10-17H2/b2-1+. The quantitative estimate of drug-likeness (QED) is 0.156. The largest absolute Gasteiger partial charge is 0.508 e. The van der Waals surface area contributed by atoms with Gasteiger partial charge in [0.15, 0.2) is 11.5 Å². The number of aromatic nitrogens is 3. The van der Waals surface area contributed by atoms with E-state index in [0.29, 0.717) is 22.9 Å². The highest BCUT2D eigenvalue weighted by Crippen LogP contribution is 2.33. The highest BCUT2D eigenvalue weighted by Gasteiger charge is 2.20. The third-order valence-electron chi connectivity index (χ3n) is 5.96. The predicted molar refractivity (Wildman–Crippen MR) is 141 cm³/mol. The molecule has 13 nitrogen and oxygen atoms in total. The molecule has 0 spiro atoms. The number of hydrogen-bond acceptors (Lipinski definition) is 12. The van der Waals surface area contributed by atoms with E-state index in [1.807, 2.05) is 30.4 Å². The van der Waals surface area contributed by atoms with Gasteiger partial charge in [-0.05, 0) is 35.4 Å². The number of phenols is 1. The molecule has 0 atom stereocenters. The zero-order valence-corrected chi connectivity index (χ0v) is 21.7. The third-order valence-corrected chi connectivity index (χ3v) is 5.96. The van der Waals surface area contributed by atoms with Crippen LogP contribution >= 0.6 is 0 Å². The van der Waals surface area contributed by atoms with Crippen LogP contribution in [-0.2, 0) is 16.1 Å². The minimum Gasteiger partial charge on any atom is -0.508 e. The summed E-state index contributed by atoms with van der Waals surface area (Å²) in [5.41, 5.74) is 2.10. The van der Waals surface area contributed by atoms with Crippen molar-refractivity contribution >= 4 is 12.2 Å². The summed E-state index contributed by atoms with van der Waals surface area (Å²) < 4.78 is 29.1. The van der Waals surface area contributed by atoms with E-state index >= 15 is 0 Å². The van der Waals surface area contributed by atoms with Gasteiger partial charge in [0.2, 0.25) is 6.79 Å². The Morgan fingerprint density at radius 2 is 1.52 bits per heavy atom. The highest BCUT2D eigenvalue weighted by molar-refractivity contribution is 5.72. The van der Waals surface area contributed by atoms with E-state index in [4.69, 9.17) is 23.7 Å². The summed E-state index contributed by atoms with van der Waals surface area (Å²) in [4.78, 5) is 0. The third kappa shape index (κ3) is 8.14. The van der Waals surface area contributed by atoms with Crippen LogP contribution in [0.5, 0.6) is 23.0 Å². The van der Waals surface area contributed by atoms with Gasteiger partial charge in [0.1, 0.15) is 42.0 Å². The molecule has 2 heterocycles. The zero-order chi connectivity index (χ0) is 28.3. The number of rotatable bonds is 16.